The minimum Gasteiger partial charge on any atom is -0.497 e. The van der Waals surface area contributed by atoms with Crippen molar-refractivity contribution in [3.05, 3.63) is 100 Å². The Balaban J connectivity index is 1.58. The average molecular weight is 431 g/mol. The van der Waals surface area contributed by atoms with Gasteiger partial charge in [0.15, 0.2) is 12.4 Å². The number of carbonyl (C=O) groups excluding carboxylic acids is 1. The molecule has 0 aliphatic carbocycles. The number of nitro groups is 1. The highest BCUT2D eigenvalue weighted by molar-refractivity contribution is 6.03. The summed E-state index contributed by atoms with van der Waals surface area (Å²) < 4.78 is 10.7. The van der Waals surface area contributed by atoms with Crippen LogP contribution in [0.3, 0.4) is 0 Å². The Morgan fingerprint density at radius 3 is 2.44 bits per heavy atom. The fourth-order valence-corrected chi connectivity index (χ4v) is 3.57. The lowest BCUT2D eigenvalue weighted by molar-refractivity contribution is -0.385. The number of hydrazone groups is 1. The predicted molar refractivity (Wildman–Crippen MR) is 119 cm³/mol. The smallest absolute Gasteiger partial charge is 0.310 e. The van der Waals surface area contributed by atoms with Crippen LogP contribution in [0.5, 0.6) is 11.5 Å². The van der Waals surface area contributed by atoms with E-state index in [2.05, 4.69) is 5.10 Å². The number of benzene rings is 3. The molecule has 0 radical (unpaired) electrons. The van der Waals surface area contributed by atoms with E-state index in [0.29, 0.717) is 12.2 Å². The maximum absolute atomic E-state index is 13.1. The van der Waals surface area contributed by atoms with Crippen molar-refractivity contribution in [2.75, 3.05) is 13.7 Å². The van der Waals surface area contributed by atoms with Crippen molar-refractivity contribution in [1.29, 1.82) is 0 Å². The zero-order valence-electron chi connectivity index (χ0n) is 17.4. The molecule has 32 heavy (non-hydrogen) atoms. The monoisotopic (exact) mass is 431 g/mol. The summed E-state index contributed by atoms with van der Waals surface area (Å²) in [6.45, 7) is -0.372. The van der Waals surface area contributed by atoms with Crippen molar-refractivity contribution in [3.63, 3.8) is 0 Å². The average Bonchev–Trinajstić information content (AvgIpc) is 3.29. The number of hydrogen-bond acceptors (Lipinski definition) is 6. The van der Waals surface area contributed by atoms with Gasteiger partial charge in [0.05, 0.1) is 23.8 Å². The highest BCUT2D eigenvalue weighted by atomic mass is 16.6. The predicted octanol–water partition coefficient (Wildman–Crippen LogP) is 4.36. The van der Waals surface area contributed by atoms with Crippen LogP contribution in [-0.4, -0.2) is 35.3 Å². The van der Waals surface area contributed by atoms with E-state index >= 15 is 0 Å². The molecule has 162 valence electrons. The molecule has 0 fully saturated rings. The van der Waals surface area contributed by atoms with Gasteiger partial charge in [0.25, 0.3) is 5.91 Å². The molecular formula is C24H21N3O5. The Bertz CT molecular complexity index is 1150. The largest absolute Gasteiger partial charge is 0.497 e. The number of ether oxygens (including phenoxy) is 2. The van der Waals surface area contributed by atoms with E-state index in [-0.39, 0.29) is 24.1 Å². The number of rotatable bonds is 7. The van der Waals surface area contributed by atoms with Crippen molar-refractivity contribution >= 4 is 17.3 Å². The highest BCUT2D eigenvalue weighted by Gasteiger charge is 2.33. The van der Waals surface area contributed by atoms with Crippen molar-refractivity contribution in [1.82, 2.24) is 5.01 Å². The second-order valence-corrected chi connectivity index (χ2v) is 7.16. The van der Waals surface area contributed by atoms with E-state index in [4.69, 9.17) is 9.47 Å². The summed E-state index contributed by atoms with van der Waals surface area (Å²) in [5.74, 6) is 0.363. The Hall–Kier alpha value is -4.20. The molecule has 1 heterocycles. The van der Waals surface area contributed by atoms with Gasteiger partial charge < -0.3 is 9.47 Å². The Kier molecular flexibility index (Phi) is 6.12. The Labute approximate surface area is 184 Å². The Morgan fingerprint density at radius 2 is 1.75 bits per heavy atom. The van der Waals surface area contributed by atoms with Crippen LogP contribution in [0.15, 0.2) is 84.0 Å². The second kappa shape index (κ2) is 9.30. The molecule has 1 aliphatic rings. The summed E-state index contributed by atoms with van der Waals surface area (Å²) in [5, 5.41) is 17.2. The molecule has 3 aromatic carbocycles. The number of para-hydroxylation sites is 2. The van der Waals surface area contributed by atoms with E-state index < -0.39 is 10.8 Å². The minimum atomic E-state index is -0.540. The molecule has 0 saturated heterocycles. The lowest BCUT2D eigenvalue weighted by Crippen LogP contribution is -2.31. The highest BCUT2D eigenvalue weighted by Crippen LogP contribution is 2.34. The van der Waals surface area contributed by atoms with Gasteiger partial charge in [0, 0.05) is 12.5 Å². The summed E-state index contributed by atoms with van der Waals surface area (Å²) in [5.41, 5.74) is 2.42. The van der Waals surface area contributed by atoms with Gasteiger partial charge in [-0.3, -0.25) is 14.9 Å². The van der Waals surface area contributed by atoms with Crippen LogP contribution in [0.25, 0.3) is 0 Å². The van der Waals surface area contributed by atoms with Gasteiger partial charge in [-0.2, -0.15) is 5.10 Å². The molecule has 0 N–H and O–H groups in total. The lowest BCUT2D eigenvalue weighted by atomic mass is 9.98. The summed E-state index contributed by atoms with van der Waals surface area (Å²) in [6, 6.07) is 22.8. The summed E-state index contributed by atoms with van der Waals surface area (Å²) in [4.78, 5) is 23.8. The van der Waals surface area contributed by atoms with Crippen molar-refractivity contribution < 1.29 is 19.2 Å². The normalized spacial score (nSPS) is 15.2. The van der Waals surface area contributed by atoms with Crippen LogP contribution in [0.2, 0.25) is 0 Å². The van der Waals surface area contributed by atoms with Gasteiger partial charge in [0.2, 0.25) is 0 Å². The molecule has 8 nitrogen and oxygen atoms in total. The molecule has 0 spiro atoms. The van der Waals surface area contributed by atoms with Gasteiger partial charge in [-0.1, -0.05) is 54.6 Å². The fraction of sp³-hybridized carbons (Fsp3) is 0.167. The van der Waals surface area contributed by atoms with Gasteiger partial charge in [-0.05, 0) is 29.3 Å². The number of nitrogens with zero attached hydrogens (tertiary/aromatic N) is 3. The molecule has 0 bridgehead atoms. The summed E-state index contributed by atoms with van der Waals surface area (Å²) in [6.07, 6.45) is 0.535. The topological polar surface area (TPSA) is 94.3 Å². The summed E-state index contributed by atoms with van der Waals surface area (Å²) >= 11 is 0. The van der Waals surface area contributed by atoms with Crippen LogP contribution < -0.4 is 9.47 Å². The first kappa shape index (κ1) is 21.0. The third-order valence-electron chi connectivity index (χ3n) is 5.19. The zero-order chi connectivity index (χ0) is 22.5. The molecule has 1 atom stereocenters. The van der Waals surface area contributed by atoms with Crippen LogP contribution in [0.4, 0.5) is 5.69 Å². The number of methoxy groups -OCH3 is 1. The van der Waals surface area contributed by atoms with Crippen LogP contribution in [0.1, 0.15) is 23.6 Å². The van der Waals surface area contributed by atoms with Crippen LogP contribution in [0, 0.1) is 10.1 Å². The molecule has 0 aromatic heterocycles. The Morgan fingerprint density at radius 1 is 1.06 bits per heavy atom. The standard InChI is InChI=1S/C24H21N3O5/c1-31-19-13-11-18(12-14-19)22-15-20(17-7-3-2-4-8-17)25-26(22)24(28)16-32-23-10-6-5-9-21(23)27(29)30/h2-14,22H,15-16H2,1H3/t22-/m0/s1. The molecule has 8 heteroatoms. The third kappa shape index (κ3) is 4.44. The molecule has 4 rings (SSSR count). The van der Waals surface area contributed by atoms with Crippen LogP contribution >= 0.6 is 0 Å². The first-order chi connectivity index (χ1) is 15.6. The van der Waals surface area contributed by atoms with Crippen LogP contribution in [-0.2, 0) is 4.79 Å². The van der Waals surface area contributed by atoms with E-state index in [1.54, 1.807) is 19.2 Å². The first-order valence-corrected chi connectivity index (χ1v) is 10.0. The molecule has 0 unspecified atom stereocenters. The van der Waals surface area contributed by atoms with Crippen molar-refractivity contribution in [3.8, 4) is 11.5 Å². The summed E-state index contributed by atoms with van der Waals surface area (Å²) in [7, 11) is 1.59. The van der Waals surface area contributed by atoms with Crippen molar-refractivity contribution in [2.45, 2.75) is 12.5 Å². The molecule has 1 aliphatic heterocycles. The zero-order valence-corrected chi connectivity index (χ0v) is 17.4. The van der Waals surface area contributed by atoms with E-state index in [1.807, 2.05) is 54.6 Å². The van der Waals surface area contributed by atoms with Gasteiger partial charge in [-0.15, -0.1) is 0 Å². The molecule has 3 aromatic rings. The molecule has 0 saturated carbocycles. The minimum absolute atomic E-state index is 0.0401. The maximum Gasteiger partial charge on any atom is 0.310 e. The van der Waals surface area contributed by atoms with Gasteiger partial charge >= 0.3 is 5.69 Å². The maximum atomic E-state index is 13.1. The number of nitro benzene ring substituents is 1. The number of carbonyl (C=O) groups is 1. The SMILES string of the molecule is COc1ccc([C@@H]2CC(c3ccccc3)=NN2C(=O)COc2ccccc2[N+](=O)[O-])cc1. The van der Waals surface area contributed by atoms with E-state index in [9.17, 15) is 14.9 Å². The quantitative estimate of drug-likeness (QED) is 0.409. The third-order valence-corrected chi connectivity index (χ3v) is 5.19. The second-order valence-electron chi connectivity index (χ2n) is 7.16. The lowest BCUT2D eigenvalue weighted by Gasteiger charge is -2.22. The van der Waals surface area contributed by atoms with E-state index in [0.717, 1.165) is 16.8 Å². The molecule has 1 amide bonds. The van der Waals surface area contributed by atoms with E-state index in [1.165, 1.54) is 17.1 Å². The number of amides is 1. The molecular weight excluding hydrogens is 410 g/mol. The van der Waals surface area contributed by atoms with Gasteiger partial charge in [0.1, 0.15) is 5.75 Å². The number of hydrogen-bond donors (Lipinski definition) is 0. The van der Waals surface area contributed by atoms with Crippen molar-refractivity contribution in [2.24, 2.45) is 5.10 Å². The fourth-order valence-electron chi connectivity index (χ4n) is 3.57. The van der Waals surface area contributed by atoms with Gasteiger partial charge in [-0.25, -0.2) is 5.01 Å². The first-order valence-electron chi connectivity index (χ1n) is 10.0.